The molecule has 0 aliphatic carbocycles. The van der Waals surface area contributed by atoms with Crippen LogP contribution in [0.5, 0.6) is 0 Å². The molecule has 2 atom stereocenters. The fourth-order valence-corrected chi connectivity index (χ4v) is 3.54. The molecule has 4 N–H and O–H groups in total. The third-order valence-corrected chi connectivity index (χ3v) is 6.31. The lowest BCUT2D eigenvalue weighted by molar-refractivity contribution is -0.153. The summed E-state index contributed by atoms with van der Waals surface area (Å²) >= 11 is -1.99. The van der Waals surface area contributed by atoms with Crippen LogP contribution in [0.1, 0.15) is 78.6 Å². The number of aliphatic hydroxyl groups excluding tert-OH is 1. The van der Waals surface area contributed by atoms with E-state index in [1.165, 1.54) is 0 Å². The van der Waals surface area contributed by atoms with Crippen molar-refractivity contribution in [3.8, 4) is 0 Å². The van der Waals surface area contributed by atoms with Crippen molar-refractivity contribution in [2.24, 2.45) is 5.41 Å². The summed E-state index contributed by atoms with van der Waals surface area (Å²) in [4.78, 5) is 36.0. The molecule has 0 spiro atoms. The molecule has 41 heavy (non-hydrogen) atoms. The van der Waals surface area contributed by atoms with Crippen molar-refractivity contribution < 1.29 is 33.0 Å². The van der Waals surface area contributed by atoms with E-state index >= 15 is 0 Å². The maximum Gasteiger partial charge on any atom is 0.305 e. The Kier molecular flexibility index (Phi) is 23.2. The molecule has 0 aliphatic heterocycles. The minimum Gasteiger partial charge on any atom is -0.465 e. The number of hydrogen-bond donors (Lipinski definition) is 4. The summed E-state index contributed by atoms with van der Waals surface area (Å²) in [5.41, 5.74) is -1.02. The van der Waals surface area contributed by atoms with Crippen molar-refractivity contribution in [2.75, 3.05) is 25.4 Å². The van der Waals surface area contributed by atoms with Crippen LogP contribution < -0.4 is 10.6 Å². The number of aliphatic hydroxyl groups is 1. The number of unbranched alkanes of at least 4 members (excludes halogenated alkanes) is 1. The number of esters is 1. The molecule has 10 heteroatoms. The number of hydrogen-bond acceptors (Lipinski definition) is 6. The molecule has 0 fully saturated rings. The first kappa shape index (κ1) is 38.2. The van der Waals surface area contributed by atoms with Gasteiger partial charge in [-0.1, -0.05) is 81.5 Å². The van der Waals surface area contributed by atoms with E-state index in [4.69, 9.17) is 9.29 Å². The maximum absolute atomic E-state index is 12.2. The molecule has 0 radical (unpaired) electrons. The zero-order valence-electron chi connectivity index (χ0n) is 24.9. The second-order valence-corrected chi connectivity index (χ2v) is 11.1. The minimum absolute atomic E-state index is 0.00436. The summed E-state index contributed by atoms with van der Waals surface area (Å²) in [5, 5.41) is 15.3. The number of amides is 2. The number of carbonyl (C=O) groups is 3. The molecule has 0 aromatic heterocycles. The van der Waals surface area contributed by atoms with E-state index in [1.54, 1.807) is 13.8 Å². The summed E-state index contributed by atoms with van der Waals surface area (Å²) in [6.07, 6.45) is 26.3. The van der Waals surface area contributed by atoms with E-state index in [0.717, 1.165) is 38.5 Å². The molecule has 0 aromatic carbocycles. The van der Waals surface area contributed by atoms with E-state index in [0.29, 0.717) is 6.42 Å². The third kappa shape index (κ3) is 23.6. The standard InChI is InChI=1S/C31H50N2O7S/c1-4-5-6-7-8-9-10-11-12-13-14-15-16-17-18-19-20-21-28(35)40-26-31(2,3)29(36)30(37)33-23-22-27(34)32-24-25-41(38)39/h5-6,8-9,11-12,14-15,17-18,29,36H,4,7,10,13,16,19-26H2,1-3H3,(H,32,34)(H,33,37)(H,38,39)/b6-5-,9-8-,12-11-,15-14-,18-17-/t29-/m0/s1. The van der Waals surface area contributed by atoms with Crippen LogP contribution in [0.15, 0.2) is 60.8 Å². The molecule has 0 aromatic rings. The van der Waals surface area contributed by atoms with Crippen LogP contribution in [0, 0.1) is 5.41 Å². The molecule has 9 nitrogen and oxygen atoms in total. The summed E-state index contributed by atoms with van der Waals surface area (Å²) < 4.78 is 24.5. The Bertz CT molecular complexity index is 923. The van der Waals surface area contributed by atoms with Gasteiger partial charge in [-0.2, -0.15) is 0 Å². The molecule has 2 amide bonds. The van der Waals surface area contributed by atoms with Crippen molar-refractivity contribution in [2.45, 2.75) is 84.7 Å². The highest BCUT2D eigenvalue weighted by Crippen LogP contribution is 2.22. The fourth-order valence-electron chi connectivity index (χ4n) is 3.27. The number of nitrogens with one attached hydrogen (secondary N) is 2. The lowest BCUT2D eigenvalue weighted by Crippen LogP contribution is -2.47. The molecule has 1 unspecified atom stereocenters. The van der Waals surface area contributed by atoms with Gasteiger partial charge in [-0.3, -0.25) is 14.4 Å². The molecular formula is C31H50N2O7S. The number of allylic oxidation sites excluding steroid dienone is 10. The van der Waals surface area contributed by atoms with E-state index in [9.17, 15) is 23.7 Å². The highest BCUT2D eigenvalue weighted by molar-refractivity contribution is 7.79. The number of ether oxygens (including phenoxy) is 1. The average Bonchev–Trinajstić information content (AvgIpc) is 2.92. The van der Waals surface area contributed by atoms with E-state index in [-0.39, 0.29) is 44.2 Å². The first-order chi connectivity index (χ1) is 19.6. The Hall–Kier alpha value is -2.82. The SMILES string of the molecule is CC/C=C\C/C=C\C/C=C\C/C=C\C/C=C\CCCC(=O)OCC(C)(C)[C@@H](O)C(=O)NCCC(=O)NCCS(=O)O. The van der Waals surface area contributed by atoms with Crippen LogP contribution in [0.4, 0.5) is 0 Å². The summed E-state index contributed by atoms with van der Waals surface area (Å²) in [6, 6.07) is 0. The van der Waals surface area contributed by atoms with Gasteiger partial charge >= 0.3 is 5.97 Å². The van der Waals surface area contributed by atoms with Crippen LogP contribution in [0.25, 0.3) is 0 Å². The van der Waals surface area contributed by atoms with Crippen molar-refractivity contribution in [1.82, 2.24) is 10.6 Å². The van der Waals surface area contributed by atoms with Crippen molar-refractivity contribution in [1.29, 1.82) is 0 Å². The largest absolute Gasteiger partial charge is 0.465 e. The normalized spacial score (nSPS) is 14.0. The molecule has 0 saturated carbocycles. The van der Waals surface area contributed by atoms with E-state index < -0.39 is 34.5 Å². The predicted octanol–water partition coefficient (Wildman–Crippen LogP) is 4.68. The highest BCUT2D eigenvalue weighted by Gasteiger charge is 2.34. The van der Waals surface area contributed by atoms with Crippen LogP contribution >= 0.6 is 0 Å². The van der Waals surface area contributed by atoms with Gasteiger partial charge in [0.1, 0.15) is 6.10 Å². The van der Waals surface area contributed by atoms with Crippen LogP contribution in [0.2, 0.25) is 0 Å². The predicted molar refractivity (Wildman–Crippen MR) is 165 cm³/mol. The Balaban J connectivity index is 4.00. The minimum atomic E-state index is -1.99. The molecule has 0 aliphatic rings. The zero-order chi connectivity index (χ0) is 30.8. The fraction of sp³-hybridized carbons (Fsp3) is 0.581. The number of carbonyl (C=O) groups excluding carboxylic acids is 3. The Morgan fingerprint density at radius 3 is 1.90 bits per heavy atom. The van der Waals surface area contributed by atoms with Gasteiger partial charge in [0.2, 0.25) is 11.8 Å². The lowest BCUT2D eigenvalue weighted by atomic mass is 9.87. The quantitative estimate of drug-likeness (QED) is 0.0582. The first-order valence-electron chi connectivity index (χ1n) is 14.3. The van der Waals surface area contributed by atoms with Gasteiger partial charge in [0.05, 0.1) is 12.4 Å². The van der Waals surface area contributed by atoms with Gasteiger partial charge < -0.3 is 25.0 Å². The van der Waals surface area contributed by atoms with Crippen LogP contribution in [0.3, 0.4) is 0 Å². The Morgan fingerprint density at radius 1 is 0.829 bits per heavy atom. The van der Waals surface area contributed by atoms with E-state index in [2.05, 4.69) is 72.2 Å². The highest BCUT2D eigenvalue weighted by atomic mass is 32.2. The van der Waals surface area contributed by atoms with Crippen LogP contribution in [-0.2, 0) is 30.2 Å². The molecular weight excluding hydrogens is 544 g/mol. The average molecular weight is 595 g/mol. The van der Waals surface area contributed by atoms with Crippen LogP contribution in [-0.4, -0.2) is 63.2 Å². The second kappa shape index (κ2) is 24.9. The Labute approximate surface area is 248 Å². The van der Waals surface area contributed by atoms with Crippen molar-refractivity contribution in [3.63, 3.8) is 0 Å². The number of rotatable bonds is 23. The van der Waals surface area contributed by atoms with E-state index in [1.807, 2.05) is 6.08 Å². The molecule has 0 rings (SSSR count). The Morgan fingerprint density at radius 2 is 1.37 bits per heavy atom. The summed E-state index contributed by atoms with van der Waals surface area (Å²) in [7, 11) is 0. The first-order valence-corrected chi connectivity index (χ1v) is 15.6. The van der Waals surface area contributed by atoms with Gasteiger partial charge in [0.25, 0.3) is 0 Å². The molecule has 0 saturated heterocycles. The van der Waals surface area contributed by atoms with Gasteiger partial charge in [0.15, 0.2) is 11.1 Å². The monoisotopic (exact) mass is 594 g/mol. The maximum atomic E-state index is 12.2. The van der Waals surface area contributed by atoms with Crippen molar-refractivity contribution >= 4 is 28.9 Å². The van der Waals surface area contributed by atoms with Gasteiger partial charge in [-0.05, 0) is 44.9 Å². The van der Waals surface area contributed by atoms with Crippen molar-refractivity contribution in [3.05, 3.63) is 60.8 Å². The molecule has 232 valence electrons. The van der Waals surface area contributed by atoms with Gasteiger partial charge in [0, 0.05) is 31.3 Å². The summed E-state index contributed by atoms with van der Waals surface area (Å²) in [5.74, 6) is -1.53. The smallest absolute Gasteiger partial charge is 0.305 e. The summed E-state index contributed by atoms with van der Waals surface area (Å²) in [6.45, 7) is 5.28. The lowest BCUT2D eigenvalue weighted by Gasteiger charge is -2.29. The second-order valence-electron chi connectivity index (χ2n) is 10.1. The topological polar surface area (TPSA) is 142 Å². The van der Waals surface area contributed by atoms with Gasteiger partial charge in [-0.25, -0.2) is 4.21 Å². The zero-order valence-corrected chi connectivity index (χ0v) is 25.7. The molecule has 0 heterocycles. The third-order valence-electron chi connectivity index (χ3n) is 5.75. The van der Waals surface area contributed by atoms with Gasteiger partial charge in [-0.15, -0.1) is 0 Å². The molecule has 0 bridgehead atoms.